The van der Waals surface area contributed by atoms with E-state index in [1.165, 1.54) is 0 Å². The summed E-state index contributed by atoms with van der Waals surface area (Å²) < 4.78 is 42.5. The molecule has 0 N–H and O–H groups in total. The first-order chi connectivity index (χ1) is 7.33. The minimum absolute atomic E-state index is 0.234. The molecular formula is C10H22F3OPSi2. The molecule has 0 aromatic rings. The fourth-order valence-electron chi connectivity index (χ4n) is 2.81. The zero-order valence-corrected chi connectivity index (χ0v) is 14.2. The second-order valence-electron chi connectivity index (χ2n) is 6.87. The molecule has 2 atom stereocenters. The molecule has 1 nitrogen and oxygen atoms in total. The third-order valence-electron chi connectivity index (χ3n) is 2.90. The van der Waals surface area contributed by atoms with E-state index in [1.807, 2.05) is 0 Å². The van der Waals surface area contributed by atoms with Gasteiger partial charge in [0.05, 0.1) is 16.1 Å². The van der Waals surface area contributed by atoms with Crippen molar-refractivity contribution in [3.05, 3.63) is 0 Å². The van der Waals surface area contributed by atoms with Crippen LogP contribution >= 0.6 is 8.15 Å². The largest absolute Gasteiger partial charge is 0.415 e. The predicted octanol–water partition coefficient (Wildman–Crippen LogP) is 4.47. The predicted molar refractivity (Wildman–Crippen MR) is 73.2 cm³/mol. The minimum Gasteiger partial charge on any atom is -0.346 e. The van der Waals surface area contributed by atoms with Gasteiger partial charge in [-0.25, -0.2) is 0 Å². The zero-order valence-electron chi connectivity index (χ0n) is 11.4. The second-order valence-corrected chi connectivity index (χ2v) is 21.0. The van der Waals surface area contributed by atoms with Crippen molar-refractivity contribution in [3.8, 4) is 0 Å². The summed E-state index contributed by atoms with van der Waals surface area (Å²) in [6, 6.07) is 0. The smallest absolute Gasteiger partial charge is 0.346 e. The van der Waals surface area contributed by atoms with Crippen molar-refractivity contribution in [1.29, 1.82) is 0 Å². The molecule has 0 aliphatic carbocycles. The van der Waals surface area contributed by atoms with Crippen LogP contribution in [0.15, 0.2) is 0 Å². The van der Waals surface area contributed by atoms with E-state index in [4.69, 9.17) is 4.52 Å². The normalized spacial score (nSPS) is 27.2. The van der Waals surface area contributed by atoms with Crippen molar-refractivity contribution in [1.82, 2.24) is 0 Å². The first kappa shape index (κ1) is 15.7. The monoisotopic (exact) mass is 302 g/mol. The lowest BCUT2D eigenvalue weighted by molar-refractivity contribution is -0.196. The van der Waals surface area contributed by atoms with Crippen molar-refractivity contribution >= 4 is 24.3 Å². The molecule has 1 fully saturated rings. The SMILES string of the molecule is C[Si](C)(C)C(P1CC(C(F)(F)F)O1)[Si](C)(C)C. The van der Waals surface area contributed by atoms with Gasteiger partial charge in [0.2, 0.25) is 0 Å². The number of rotatable bonds is 3. The maximum Gasteiger partial charge on any atom is 0.415 e. The Morgan fingerprint density at radius 2 is 1.41 bits per heavy atom. The van der Waals surface area contributed by atoms with Gasteiger partial charge in [-0.1, -0.05) is 39.3 Å². The van der Waals surface area contributed by atoms with Crippen molar-refractivity contribution in [2.24, 2.45) is 0 Å². The summed E-state index contributed by atoms with van der Waals surface area (Å²) >= 11 is 0. The maximum atomic E-state index is 12.4. The highest BCUT2D eigenvalue weighted by Gasteiger charge is 2.55. The van der Waals surface area contributed by atoms with Crippen LogP contribution < -0.4 is 0 Å². The molecule has 0 bridgehead atoms. The fourth-order valence-corrected chi connectivity index (χ4v) is 22.4. The summed E-state index contributed by atoms with van der Waals surface area (Å²) in [5.74, 6) is 0. The van der Waals surface area contributed by atoms with Crippen molar-refractivity contribution in [2.45, 2.75) is 56.5 Å². The highest BCUT2D eigenvalue weighted by atomic mass is 31.1. The van der Waals surface area contributed by atoms with Crippen molar-refractivity contribution in [3.63, 3.8) is 0 Å². The van der Waals surface area contributed by atoms with Gasteiger partial charge < -0.3 is 4.52 Å². The van der Waals surface area contributed by atoms with Crippen LogP contribution in [0, 0.1) is 0 Å². The van der Waals surface area contributed by atoms with Crippen LogP contribution in [0.25, 0.3) is 0 Å². The first-order valence-electron chi connectivity index (χ1n) is 5.83. The minimum atomic E-state index is -4.16. The van der Waals surface area contributed by atoms with Gasteiger partial charge in [0, 0.05) is 14.3 Å². The fraction of sp³-hybridized carbons (Fsp3) is 1.00. The number of hydrogen-bond acceptors (Lipinski definition) is 1. The summed E-state index contributed by atoms with van der Waals surface area (Å²) in [4.78, 5) is 0.462. The van der Waals surface area contributed by atoms with E-state index >= 15 is 0 Å². The molecule has 102 valence electrons. The molecule has 0 aromatic carbocycles. The molecular weight excluding hydrogens is 280 g/mol. The molecule has 0 spiro atoms. The second kappa shape index (κ2) is 4.62. The lowest BCUT2D eigenvalue weighted by Crippen LogP contribution is -2.57. The van der Waals surface area contributed by atoms with Gasteiger partial charge in [-0.3, -0.25) is 0 Å². The molecule has 0 radical (unpaired) electrons. The van der Waals surface area contributed by atoms with E-state index in [0.717, 1.165) is 0 Å². The molecule has 0 amide bonds. The lowest BCUT2D eigenvalue weighted by Gasteiger charge is -2.49. The van der Waals surface area contributed by atoms with Crippen molar-refractivity contribution in [2.75, 3.05) is 6.16 Å². The van der Waals surface area contributed by atoms with Gasteiger partial charge >= 0.3 is 6.18 Å². The first-order valence-corrected chi connectivity index (χ1v) is 14.5. The van der Waals surface area contributed by atoms with Crippen LogP contribution in [0.4, 0.5) is 13.2 Å². The van der Waals surface area contributed by atoms with Crippen LogP contribution in [-0.2, 0) is 4.52 Å². The molecule has 17 heavy (non-hydrogen) atoms. The maximum absolute atomic E-state index is 12.4. The standard InChI is InChI=1S/C10H22F3OPSi2/c1-16(2,3)9(17(4,5)6)15-7-8(14-15)10(11,12)13/h8-9H,7H2,1-6H3. The van der Waals surface area contributed by atoms with Crippen molar-refractivity contribution < 1.29 is 17.7 Å². The Balaban J connectivity index is 2.73. The number of hydrogen-bond donors (Lipinski definition) is 0. The average Bonchev–Trinajstić information content (AvgIpc) is 1.86. The molecule has 1 heterocycles. The van der Waals surface area contributed by atoms with E-state index in [-0.39, 0.29) is 6.16 Å². The Bertz CT molecular complexity index is 263. The zero-order chi connectivity index (χ0) is 13.6. The van der Waals surface area contributed by atoms with Crippen LogP contribution in [0.2, 0.25) is 39.3 Å². The summed E-state index contributed by atoms with van der Waals surface area (Å²) in [6.45, 7) is 13.5. The number of halogens is 3. The molecule has 1 aliphatic heterocycles. The molecule has 1 aliphatic rings. The number of alkyl halides is 3. The van der Waals surface area contributed by atoms with E-state index < -0.39 is 36.6 Å². The van der Waals surface area contributed by atoms with Gasteiger partial charge in [0.1, 0.15) is 0 Å². The van der Waals surface area contributed by atoms with E-state index in [1.54, 1.807) is 0 Å². The van der Waals surface area contributed by atoms with Crippen LogP contribution in [0.3, 0.4) is 0 Å². The van der Waals surface area contributed by atoms with E-state index in [2.05, 4.69) is 39.3 Å². The van der Waals surface area contributed by atoms with Crippen LogP contribution in [0.1, 0.15) is 0 Å². The average molecular weight is 302 g/mol. The Labute approximate surface area is 105 Å². The lowest BCUT2D eigenvalue weighted by atomic mass is 10.4. The highest BCUT2D eigenvalue weighted by molar-refractivity contribution is 7.62. The van der Waals surface area contributed by atoms with Gasteiger partial charge in [0.25, 0.3) is 0 Å². The topological polar surface area (TPSA) is 9.23 Å². The van der Waals surface area contributed by atoms with E-state index in [9.17, 15) is 13.2 Å². The third kappa shape index (κ3) is 3.79. The summed E-state index contributed by atoms with van der Waals surface area (Å²) in [7, 11) is -3.73. The molecule has 0 aromatic heterocycles. The van der Waals surface area contributed by atoms with Gasteiger partial charge in [0.15, 0.2) is 6.10 Å². The summed E-state index contributed by atoms with van der Waals surface area (Å²) in [5.41, 5.74) is 0. The Morgan fingerprint density at radius 3 is 1.65 bits per heavy atom. The van der Waals surface area contributed by atoms with Crippen LogP contribution in [-0.4, -0.2) is 39.5 Å². The molecule has 0 saturated carbocycles. The molecule has 1 rings (SSSR count). The third-order valence-corrected chi connectivity index (χ3v) is 19.5. The highest BCUT2D eigenvalue weighted by Crippen LogP contribution is 2.60. The van der Waals surface area contributed by atoms with Gasteiger partial charge in [-0.05, 0) is 4.91 Å². The molecule has 2 unspecified atom stereocenters. The quantitative estimate of drug-likeness (QED) is 0.552. The molecule has 7 heteroatoms. The summed E-state index contributed by atoms with van der Waals surface area (Å²) in [5, 5.41) is 0. The van der Waals surface area contributed by atoms with Gasteiger partial charge in [-0.15, -0.1) is 0 Å². The Hall–Kier alpha value is 0.614. The van der Waals surface area contributed by atoms with Gasteiger partial charge in [-0.2, -0.15) is 13.2 Å². The summed E-state index contributed by atoms with van der Waals surface area (Å²) in [6.07, 6.45) is -5.41. The van der Waals surface area contributed by atoms with E-state index in [0.29, 0.717) is 4.91 Å². The molecule has 1 saturated heterocycles. The Kier molecular flexibility index (Phi) is 4.26. The van der Waals surface area contributed by atoms with Crippen LogP contribution in [0.5, 0.6) is 0 Å². The Morgan fingerprint density at radius 1 is 1.06 bits per heavy atom.